The summed E-state index contributed by atoms with van der Waals surface area (Å²) in [4.78, 5) is 13.7. The quantitative estimate of drug-likeness (QED) is 0.302. The molecule has 4 aliphatic carbocycles. The van der Waals surface area contributed by atoms with Gasteiger partial charge in [0.15, 0.2) is 0 Å². The predicted molar refractivity (Wildman–Crippen MR) is 121 cm³/mol. The average molecular weight is 481 g/mol. The topological polar surface area (TPSA) is 137 Å². The fourth-order valence-corrected chi connectivity index (χ4v) is 9.00. The Kier molecular flexibility index (Phi) is 5.79. The Morgan fingerprint density at radius 1 is 1.06 bits per heavy atom. The van der Waals surface area contributed by atoms with Crippen molar-refractivity contribution in [3.8, 4) is 0 Å². The number of carbonyl (C=O) groups excluding carboxylic acids is 1. The molecule has 2 bridgehead atoms. The first-order chi connectivity index (χ1) is 15.9. The van der Waals surface area contributed by atoms with Crippen molar-refractivity contribution in [2.75, 3.05) is 6.61 Å². The van der Waals surface area contributed by atoms with Gasteiger partial charge >= 0.3 is 5.97 Å². The summed E-state index contributed by atoms with van der Waals surface area (Å²) in [6, 6.07) is 0. The fourth-order valence-electron chi connectivity index (χ4n) is 9.00. The Balaban J connectivity index is 1.39. The Morgan fingerprint density at radius 3 is 2.47 bits per heavy atom. The van der Waals surface area contributed by atoms with Crippen LogP contribution in [-0.4, -0.2) is 74.4 Å². The molecule has 5 fully saturated rings. The van der Waals surface area contributed by atoms with Gasteiger partial charge < -0.3 is 35.0 Å². The molecule has 0 amide bonds. The molecule has 5 rings (SSSR count). The monoisotopic (exact) mass is 480 g/mol. The van der Waals surface area contributed by atoms with E-state index in [-0.39, 0.29) is 16.7 Å². The zero-order valence-electron chi connectivity index (χ0n) is 20.3. The first-order valence-corrected chi connectivity index (χ1v) is 12.8. The third-order valence-corrected chi connectivity index (χ3v) is 10.7. The molecule has 0 aromatic carbocycles. The van der Waals surface area contributed by atoms with Gasteiger partial charge in [0.05, 0.1) is 17.6 Å². The van der Waals surface area contributed by atoms with Gasteiger partial charge in [0, 0.05) is 0 Å². The lowest BCUT2D eigenvalue weighted by Gasteiger charge is -2.63. The molecule has 1 spiro atoms. The summed E-state index contributed by atoms with van der Waals surface area (Å²) < 4.78 is 11.1. The van der Waals surface area contributed by atoms with Crippen molar-refractivity contribution in [2.24, 2.45) is 28.1 Å². The molecule has 1 aliphatic heterocycles. The molecule has 192 valence electrons. The van der Waals surface area contributed by atoms with Crippen molar-refractivity contribution >= 4 is 5.97 Å². The molecule has 8 heteroatoms. The van der Waals surface area contributed by atoms with Crippen LogP contribution in [-0.2, 0) is 14.3 Å². The van der Waals surface area contributed by atoms with E-state index in [0.717, 1.165) is 56.9 Å². The van der Waals surface area contributed by atoms with Gasteiger partial charge in [0.25, 0.3) is 0 Å². The normalized spacial score (nSPS) is 54.8. The van der Waals surface area contributed by atoms with Crippen LogP contribution in [0, 0.1) is 28.1 Å². The first kappa shape index (κ1) is 24.7. The van der Waals surface area contributed by atoms with Crippen molar-refractivity contribution < 1.29 is 39.8 Å². The van der Waals surface area contributed by atoms with Gasteiger partial charge in [0.2, 0.25) is 6.29 Å². The van der Waals surface area contributed by atoms with Crippen molar-refractivity contribution in [2.45, 2.75) is 108 Å². The fraction of sp³-hybridized carbons (Fsp3) is 0.885. The van der Waals surface area contributed by atoms with E-state index in [0.29, 0.717) is 12.3 Å². The predicted octanol–water partition coefficient (Wildman–Crippen LogP) is 1.41. The molecule has 1 heterocycles. The summed E-state index contributed by atoms with van der Waals surface area (Å²) in [5.41, 5.74) is -0.575. The molecule has 34 heavy (non-hydrogen) atoms. The number of fused-ring (bicyclic) bond motifs is 3. The first-order valence-electron chi connectivity index (χ1n) is 12.8. The third kappa shape index (κ3) is 3.29. The van der Waals surface area contributed by atoms with Crippen molar-refractivity contribution in [3.63, 3.8) is 0 Å². The molecule has 0 aromatic heterocycles. The summed E-state index contributed by atoms with van der Waals surface area (Å²) in [6.45, 7) is 7.91. The van der Waals surface area contributed by atoms with E-state index in [2.05, 4.69) is 13.5 Å². The van der Waals surface area contributed by atoms with Gasteiger partial charge in [-0.2, -0.15) is 0 Å². The van der Waals surface area contributed by atoms with Crippen molar-refractivity contribution in [1.82, 2.24) is 0 Å². The largest absolute Gasteiger partial charge is 0.432 e. The lowest BCUT2D eigenvalue weighted by molar-refractivity contribution is -0.298. The lowest BCUT2D eigenvalue weighted by atomic mass is 9.41. The van der Waals surface area contributed by atoms with Crippen LogP contribution in [0.3, 0.4) is 0 Å². The number of aliphatic hydroxyl groups is 5. The molecular weight excluding hydrogens is 440 g/mol. The molecule has 0 radical (unpaired) electrons. The number of hydrogen-bond donors (Lipinski definition) is 5. The van der Waals surface area contributed by atoms with E-state index in [1.165, 1.54) is 0 Å². The van der Waals surface area contributed by atoms with Crippen LogP contribution < -0.4 is 0 Å². The van der Waals surface area contributed by atoms with Crippen LogP contribution in [0.15, 0.2) is 12.2 Å². The summed E-state index contributed by atoms with van der Waals surface area (Å²) >= 11 is 0. The van der Waals surface area contributed by atoms with Crippen LogP contribution in [0.25, 0.3) is 0 Å². The molecule has 5 N–H and O–H groups in total. The number of ether oxygens (including phenoxy) is 2. The lowest BCUT2D eigenvalue weighted by Crippen LogP contribution is -2.62. The molecular formula is C26H40O8. The minimum atomic E-state index is -1.60. The van der Waals surface area contributed by atoms with Gasteiger partial charge in [-0.3, -0.25) is 4.79 Å². The van der Waals surface area contributed by atoms with Gasteiger partial charge in [0.1, 0.15) is 24.4 Å². The maximum absolute atomic E-state index is 13.7. The molecule has 0 aromatic rings. The summed E-state index contributed by atoms with van der Waals surface area (Å²) in [7, 11) is 0. The van der Waals surface area contributed by atoms with E-state index in [1.807, 2.05) is 6.92 Å². The van der Waals surface area contributed by atoms with Crippen molar-refractivity contribution in [3.05, 3.63) is 12.2 Å². The Morgan fingerprint density at radius 2 is 1.76 bits per heavy atom. The van der Waals surface area contributed by atoms with Gasteiger partial charge in [-0.05, 0) is 86.5 Å². The SMILES string of the molecule is C=C1C[C@@]23CC[C@H]4[C@@](C)(CCC[C@]4(C)C(=O)O[C@@H]4O[C@H](CO)[C@@H](O)[C@H](O)[C@H]4O)[C@@H]2CC[C@]1(O)C3. The smallest absolute Gasteiger partial charge is 0.314 e. The van der Waals surface area contributed by atoms with Gasteiger partial charge in [-0.1, -0.05) is 19.9 Å². The van der Waals surface area contributed by atoms with Crippen molar-refractivity contribution in [1.29, 1.82) is 0 Å². The molecule has 5 aliphatic rings. The van der Waals surface area contributed by atoms with Crippen LogP contribution in [0.4, 0.5) is 0 Å². The van der Waals surface area contributed by atoms with Crippen LogP contribution in [0.5, 0.6) is 0 Å². The summed E-state index contributed by atoms with van der Waals surface area (Å²) in [5, 5.41) is 51.1. The van der Waals surface area contributed by atoms with E-state index in [4.69, 9.17) is 9.47 Å². The second-order valence-electron chi connectivity index (χ2n) is 12.4. The molecule has 0 unspecified atom stereocenters. The zero-order chi connectivity index (χ0) is 24.7. The standard InChI is InChI=1S/C26H40O8/c1-14-11-25-9-5-16-23(2,17(25)6-10-26(14,32)13-25)7-4-8-24(16,3)22(31)34-21-20(30)19(29)18(28)15(12-27)33-21/h15-21,27-30,32H,1,4-13H2,2-3H3/t15-,16+,17+,18-,19+,20-,21+,23-,24+,25-,26+/m1/s1. The second-order valence-corrected chi connectivity index (χ2v) is 12.4. The average Bonchev–Trinajstić information content (AvgIpc) is 2.96. The number of hydrogen-bond acceptors (Lipinski definition) is 8. The van der Waals surface area contributed by atoms with Gasteiger partial charge in [-0.15, -0.1) is 0 Å². The minimum absolute atomic E-state index is 0.0504. The van der Waals surface area contributed by atoms with Gasteiger partial charge in [-0.25, -0.2) is 0 Å². The van der Waals surface area contributed by atoms with E-state index in [9.17, 15) is 30.3 Å². The maximum Gasteiger partial charge on any atom is 0.314 e. The minimum Gasteiger partial charge on any atom is -0.432 e. The van der Waals surface area contributed by atoms with E-state index in [1.54, 1.807) is 0 Å². The summed E-state index contributed by atoms with van der Waals surface area (Å²) in [6.07, 6.45) is 0.422. The molecule has 4 saturated carbocycles. The highest BCUT2D eigenvalue weighted by atomic mass is 16.7. The Bertz CT molecular complexity index is 860. The number of esters is 1. The third-order valence-electron chi connectivity index (χ3n) is 10.7. The maximum atomic E-state index is 13.7. The second kappa shape index (κ2) is 7.98. The highest BCUT2D eigenvalue weighted by Crippen LogP contribution is 2.73. The number of carbonyl (C=O) groups is 1. The molecule has 8 nitrogen and oxygen atoms in total. The van der Waals surface area contributed by atoms with Crippen LogP contribution in [0.1, 0.15) is 71.6 Å². The Labute approximate surface area is 201 Å². The zero-order valence-corrected chi connectivity index (χ0v) is 20.3. The highest BCUT2D eigenvalue weighted by molar-refractivity contribution is 5.77. The summed E-state index contributed by atoms with van der Waals surface area (Å²) in [5.74, 6) is 0.0200. The Hall–Kier alpha value is -1.03. The number of rotatable bonds is 3. The number of aliphatic hydroxyl groups excluding tert-OH is 4. The van der Waals surface area contributed by atoms with Crippen LogP contribution >= 0.6 is 0 Å². The van der Waals surface area contributed by atoms with E-state index < -0.39 is 54.3 Å². The van der Waals surface area contributed by atoms with Crippen LogP contribution in [0.2, 0.25) is 0 Å². The molecule has 1 saturated heterocycles. The molecule has 11 atom stereocenters. The highest BCUT2D eigenvalue weighted by Gasteiger charge is 2.68. The van der Waals surface area contributed by atoms with E-state index >= 15 is 0 Å².